The third-order valence-electron chi connectivity index (χ3n) is 4.70. The zero-order chi connectivity index (χ0) is 18.8. The van der Waals surface area contributed by atoms with Crippen molar-refractivity contribution in [2.24, 2.45) is 0 Å². The predicted octanol–water partition coefficient (Wildman–Crippen LogP) is 2.19. The van der Waals surface area contributed by atoms with Gasteiger partial charge in [-0.15, -0.1) is 0 Å². The lowest BCUT2D eigenvalue weighted by molar-refractivity contribution is -0.116. The number of halogens is 1. The number of aromatic nitrogens is 1. The Balaban J connectivity index is 1.53. The maximum absolute atomic E-state index is 14.3. The number of pyridine rings is 1. The number of nitrogens with one attached hydrogen (secondary N) is 2. The van der Waals surface area contributed by atoms with Gasteiger partial charge < -0.3 is 20.3 Å². The van der Waals surface area contributed by atoms with Gasteiger partial charge >= 0.3 is 0 Å². The zero-order valence-electron chi connectivity index (χ0n) is 14.6. The van der Waals surface area contributed by atoms with Crippen LogP contribution in [0.5, 0.6) is 0 Å². The molecule has 0 radical (unpaired) electrons. The first kappa shape index (κ1) is 17.4. The predicted molar refractivity (Wildman–Crippen MR) is 98.6 cm³/mol. The Labute approximate surface area is 155 Å². The van der Waals surface area contributed by atoms with Crippen molar-refractivity contribution in [3.63, 3.8) is 0 Å². The standard InChI is InChI=1S/C19H19FN4O3/c20-15-9-16-12(1-2-18(25)22-16)8-17(15)23-19(26)13-7-14(11-21-10-13)24-3-5-27-6-4-24/h7-11H,1-6H2,(H,22,25)(H,23,26). The monoisotopic (exact) mass is 370 g/mol. The second kappa shape index (κ2) is 7.32. The Morgan fingerprint density at radius 2 is 2.00 bits per heavy atom. The minimum atomic E-state index is -0.596. The van der Waals surface area contributed by atoms with Crippen molar-refractivity contribution in [1.82, 2.24) is 4.98 Å². The number of benzene rings is 1. The Kier molecular flexibility index (Phi) is 4.72. The molecule has 1 saturated heterocycles. The number of ether oxygens (including phenoxy) is 1. The van der Waals surface area contributed by atoms with Crippen molar-refractivity contribution < 1.29 is 18.7 Å². The third-order valence-corrected chi connectivity index (χ3v) is 4.70. The fourth-order valence-corrected chi connectivity index (χ4v) is 3.24. The normalized spacial score (nSPS) is 16.5. The molecule has 4 rings (SSSR count). The van der Waals surface area contributed by atoms with Gasteiger partial charge in [-0.2, -0.15) is 0 Å². The van der Waals surface area contributed by atoms with E-state index in [2.05, 4.69) is 20.5 Å². The van der Waals surface area contributed by atoms with Crippen LogP contribution < -0.4 is 15.5 Å². The number of carbonyl (C=O) groups excluding carboxylic acids is 2. The maximum Gasteiger partial charge on any atom is 0.257 e. The van der Waals surface area contributed by atoms with E-state index >= 15 is 0 Å². The summed E-state index contributed by atoms with van der Waals surface area (Å²) >= 11 is 0. The fraction of sp³-hybridized carbons (Fsp3) is 0.316. The summed E-state index contributed by atoms with van der Waals surface area (Å²) in [5, 5.41) is 5.25. The maximum atomic E-state index is 14.3. The molecule has 0 spiro atoms. The number of hydrogen-bond acceptors (Lipinski definition) is 5. The SMILES string of the molecule is O=C1CCc2cc(NC(=O)c3cncc(N4CCOCC4)c3)c(F)cc2N1. The summed E-state index contributed by atoms with van der Waals surface area (Å²) in [6.45, 7) is 2.73. The number of anilines is 3. The molecule has 8 heteroatoms. The Morgan fingerprint density at radius 1 is 1.19 bits per heavy atom. The first-order valence-electron chi connectivity index (χ1n) is 8.81. The van der Waals surface area contributed by atoms with Crippen LogP contribution in [0.3, 0.4) is 0 Å². The van der Waals surface area contributed by atoms with Crippen LogP contribution in [0.2, 0.25) is 0 Å². The van der Waals surface area contributed by atoms with Gasteiger partial charge in [-0.1, -0.05) is 0 Å². The van der Waals surface area contributed by atoms with Gasteiger partial charge in [-0.3, -0.25) is 14.6 Å². The van der Waals surface area contributed by atoms with E-state index in [0.29, 0.717) is 37.3 Å². The molecule has 1 aromatic carbocycles. The number of rotatable bonds is 3. The van der Waals surface area contributed by atoms with Crippen LogP contribution in [-0.4, -0.2) is 43.1 Å². The van der Waals surface area contributed by atoms with Gasteiger partial charge in [0.1, 0.15) is 5.82 Å². The lowest BCUT2D eigenvalue weighted by Crippen LogP contribution is -2.36. The van der Waals surface area contributed by atoms with Crippen LogP contribution in [-0.2, 0) is 16.0 Å². The van der Waals surface area contributed by atoms with E-state index in [1.165, 1.54) is 12.3 Å². The number of hydrogen-bond donors (Lipinski definition) is 2. The fourth-order valence-electron chi connectivity index (χ4n) is 3.24. The quantitative estimate of drug-likeness (QED) is 0.865. The lowest BCUT2D eigenvalue weighted by atomic mass is 10.0. The van der Waals surface area contributed by atoms with Gasteiger partial charge in [0.2, 0.25) is 5.91 Å². The van der Waals surface area contributed by atoms with E-state index in [-0.39, 0.29) is 11.6 Å². The van der Waals surface area contributed by atoms with Crippen LogP contribution in [0.1, 0.15) is 22.3 Å². The van der Waals surface area contributed by atoms with E-state index in [1.807, 2.05) is 0 Å². The smallest absolute Gasteiger partial charge is 0.257 e. The molecule has 2 aliphatic rings. The van der Waals surface area contributed by atoms with Crippen LogP contribution >= 0.6 is 0 Å². The molecular formula is C19H19FN4O3. The summed E-state index contributed by atoms with van der Waals surface area (Å²) in [5.74, 6) is -1.16. The van der Waals surface area contributed by atoms with E-state index < -0.39 is 11.7 Å². The highest BCUT2D eigenvalue weighted by Crippen LogP contribution is 2.29. The summed E-state index contributed by atoms with van der Waals surface area (Å²) in [6, 6.07) is 4.55. The Bertz CT molecular complexity index is 897. The van der Waals surface area contributed by atoms with Gasteiger partial charge in [0.25, 0.3) is 5.91 Å². The number of nitrogens with zero attached hydrogens (tertiary/aromatic N) is 2. The van der Waals surface area contributed by atoms with Crippen molar-refractivity contribution in [2.75, 3.05) is 41.8 Å². The summed E-state index contributed by atoms with van der Waals surface area (Å²) < 4.78 is 19.7. The highest BCUT2D eigenvalue weighted by Gasteiger charge is 2.19. The van der Waals surface area contributed by atoms with Crippen LogP contribution in [0.15, 0.2) is 30.6 Å². The van der Waals surface area contributed by atoms with Crippen LogP contribution in [0.4, 0.5) is 21.5 Å². The highest BCUT2D eigenvalue weighted by molar-refractivity contribution is 6.05. The molecule has 140 valence electrons. The number of aryl methyl sites for hydroxylation is 1. The van der Waals surface area contributed by atoms with E-state index in [4.69, 9.17) is 4.74 Å². The molecule has 0 saturated carbocycles. The van der Waals surface area contributed by atoms with Crippen LogP contribution in [0.25, 0.3) is 0 Å². The van der Waals surface area contributed by atoms with Gasteiger partial charge in [-0.25, -0.2) is 4.39 Å². The summed E-state index contributed by atoms with van der Waals surface area (Å²) in [7, 11) is 0. The number of morpholine rings is 1. The molecule has 0 atom stereocenters. The first-order valence-corrected chi connectivity index (χ1v) is 8.81. The second-order valence-electron chi connectivity index (χ2n) is 6.52. The van der Waals surface area contributed by atoms with Crippen molar-refractivity contribution in [3.05, 3.63) is 47.5 Å². The Hall–Kier alpha value is -3.00. The van der Waals surface area contributed by atoms with Crippen LogP contribution in [0, 0.1) is 5.82 Å². The van der Waals surface area contributed by atoms with E-state index in [9.17, 15) is 14.0 Å². The number of carbonyl (C=O) groups is 2. The largest absolute Gasteiger partial charge is 0.378 e. The molecule has 2 aromatic rings. The molecule has 3 heterocycles. The summed E-state index contributed by atoms with van der Waals surface area (Å²) in [6.07, 6.45) is 4.01. The lowest BCUT2D eigenvalue weighted by Gasteiger charge is -2.28. The highest BCUT2D eigenvalue weighted by atomic mass is 19.1. The topological polar surface area (TPSA) is 83.6 Å². The molecule has 2 N–H and O–H groups in total. The van der Waals surface area contributed by atoms with Crippen molar-refractivity contribution in [1.29, 1.82) is 0 Å². The van der Waals surface area contributed by atoms with Crippen molar-refractivity contribution >= 4 is 28.9 Å². The minimum absolute atomic E-state index is 0.0895. The van der Waals surface area contributed by atoms with Gasteiger partial charge in [-0.05, 0) is 30.2 Å². The molecule has 0 unspecified atom stereocenters. The second-order valence-corrected chi connectivity index (χ2v) is 6.52. The number of fused-ring (bicyclic) bond motifs is 1. The molecule has 27 heavy (non-hydrogen) atoms. The summed E-state index contributed by atoms with van der Waals surface area (Å²) in [4.78, 5) is 30.2. The number of amides is 2. The molecule has 0 bridgehead atoms. The first-order chi connectivity index (χ1) is 13.1. The third kappa shape index (κ3) is 3.75. The zero-order valence-corrected chi connectivity index (χ0v) is 14.6. The van der Waals surface area contributed by atoms with Gasteiger partial charge in [0.05, 0.1) is 36.3 Å². The molecule has 2 amide bonds. The molecular weight excluding hydrogens is 351 g/mol. The average Bonchev–Trinajstić information content (AvgIpc) is 2.69. The van der Waals surface area contributed by atoms with Gasteiger partial charge in [0, 0.05) is 31.4 Å². The molecule has 1 aromatic heterocycles. The molecule has 7 nitrogen and oxygen atoms in total. The minimum Gasteiger partial charge on any atom is -0.378 e. The summed E-state index contributed by atoms with van der Waals surface area (Å²) in [5.41, 5.74) is 2.53. The van der Waals surface area contributed by atoms with E-state index in [1.54, 1.807) is 18.3 Å². The molecule has 0 aliphatic carbocycles. The molecule has 2 aliphatic heterocycles. The Morgan fingerprint density at radius 3 is 2.81 bits per heavy atom. The van der Waals surface area contributed by atoms with Gasteiger partial charge in [0.15, 0.2) is 0 Å². The van der Waals surface area contributed by atoms with Crippen molar-refractivity contribution in [3.8, 4) is 0 Å². The molecule has 1 fully saturated rings. The van der Waals surface area contributed by atoms with Crippen molar-refractivity contribution in [2.45, 2.75) is 12.8 Å². The average molecular weight is 370 g/mol. The van der Waals surface area contributed by atoms with E-state index in [0.717, 1.165) is 24.3 Å².